The number of anilines is 1. The zero-order valence-corrected chi connectivity index (χ0v) is 22.2. The first-order valence-electron chi connectivity index (χ1n) is 12.2. The third-order valence-electron chi connectivity index (χ3n) is 7.04. The molecule has 1 atom stereocenters. The van der Waals surface area contributed by atoms with Gasteiger partial charge in [0.25, 0.3) is 11.5 Å². The van der Waals surface area contributed by atoms with Gasteiger partial charge in [0.05, 0.1) is 24.0 Å². The summed E-state index contributed by atoms with van der Waals surface area (Å²) in [5.41, 5.74) is 0.990. The van der Waals surface area contributed by atoms with Crippen molar-refractivity contribution in [1.29, 1.82) is 0 Å². The van der Waals surface area contributed by atoms with Crippen LogP contribution >= 0.6 is 24.0 Å². The number of thioether (sulfide) groups is 1. The number of carbonyl (C=O) groups is 3. The molecule has 2 aromatic heterocycles. The maximum atomic E-state index is 13.8. The Morgan fingerprint density at radius 2 is 2.05 bits per heavy atom. The summed E-state index contributed by atoms with van der Waals surface area (Å²) in [5, 5.41) is 2.77. The summed E-state index contributed by atoms with van der Waals surface area (Å²) in [4.78, 5) is 60.7. The van der Waals surface area contributed by atoms with Crippen LogP contribution in [0.3, 0.4) is 0 Å². The van der Waals surface area contributed by atoms with Crippen molar-refractivity contribution in [1.82, 2.24) is 19.6 Å². The number of esters is 1. The highest BCUT2D eigenvalue weighted by Gasteiger charge is 2.39. The standard InChI is InChI=1S/C25H27N5O5S2/c1-14-6-5-10-29-20(14)27-21(28-11-9-26-22(32)17(28)13-19(31)35-2)16(23(29)33)12-18-24(34)30(25(36)37-18)15-7-3-4-8-15/h5-6,10,12,15,17H,3-4,7-9,11,13H2,1-2H3,(H,26,32). The summed E-state index contributed by atoms with van der Waals surface area (Å²) in [5.74, 6) is -0.889. The normalized spacial score (nSPS) is 21.8. The van der Waals surface area contributed by atoms with Gasteiger partial charge in [-0.1, -0.05) is 42.9 Å². The molecule has 2 amide bonds. The number of amides is 2. The van der Waals surface area contributed by atoms with Crippen LogP contribution in [0.5, 0.6) is 0 Å². The number of hydrogen-bond acceptors (Lipinski definition) is 9. The summed E-state index contributed by atoms with van der Waals surface area (Å²) >= 11 is 6.71. The van der Waals surface area contributed by atoms with Crippen LogP contribution in [0.4, 0.5) is 5.82 Å². The Morgan fingerprint density at radius 3 is 2.78 bits per heavy atom. The summed E-state index contributed by atoms with van der Waals surface area (Å²) in [6.07, 6.45) is 6.87. The van der Waals surface area contributed by atoms with Crippen molar-refractivity contribution in [3.63, 3.8) is 0 Å². The molecule has 2 aromatic rings. The van der Waals surface area contributed by atoms with Gasteiger partial charge in [-0.25, -0.2) is 4.98 Å². The molecule has 1 aliphatic carbocycles. The maximum absolute atomic E-state index is 13.8. The van der Waals surface area contributed by atoms with E-state index in [1.807, 2.05) is 13.0 Å². The highest BCUT2D eigenvalue weighted by Crippen LogP contribution is 2.38. The van der Waals surface area contributed by atoms with Crippen LogP contribution in [0, 0.1) is 6.92 Å². The fourth-order valence-corrected chi connectivity index (χ4v) is 6.53. The largest absolute Gasteiger partial charge is 0.469 e. The van der Waals surface area contributed by atoms with E-state index >= 15 is 0 Å². The molecule has 10 nitrogen and oxygen atoms in total. The summed E-state index contributed by atoms with van der Waals surface area (Å²) in [7, 11) is 1.26. The summed E-state index contributed by atoms with van der Waals surface area (Å²) in [6, 6.07) is 2.75. The minimum atomic E-state index is -0.917. The number of thiocarbonyl (C=S) groups is 1. The Morgan fingerprint density at radius 1 is 1.30 bits per heavy atom. The molecule has 4 heterocycles. The smallest absolute Gasteiger partial charge is 0.308 e. The van der Waals surface area contributed by atoms with Crippen LogP contribution in [-0.2, 0) is 19.1 Å². The van der Waals surface area contributed by atoms with Crippen molar-refractivity contribution in [2.75, 3.05) is 25.1 Å². The number of carbonyl (C=O) groups excluding carboxylic acids is 3. The molecule has 1 saturated carbocycles. The molecule has 2 aliphatic heterocycles. The minimum absolute atomic E-state index is 0.0755. The fraction of sp³-hybridized carbons (Fsp3) is 0.440. The molecule has 12 heteroatoms. The molecule has 2 saturated heterocycles. The summed E-state index contributed by atoms with van der Waals surface area (Å²) in [6.45, 7) is 2.48. The topological polar surface area (TPSA) is 113 Å². The third kappa shape index (κ3) is 4.63. The summed E-state index contributed by atoms with van der Waals surface area (Å²) < 4.78 is 6.73. The number of piperazine rings is 1. The van der Waals surface area contributed by atoms with E-state index in [0.717, 1.165) is 31.2 Å². The Balaban J connectivity index is 1.66. The highest BCUT2D eigenvalue weighted by atomic mass is 32.2. The molecule has 3 aliphatic rings. The number of methoxy groups -OCH3 is 1. The van der Waals surface area contributed by atoms with Gasteiger partial charge in [-0.2, -0.15) is 0 Å². The second-order valence-electron chi connectivity index (χ2n) is 9.31. The van der Waals surface area contributed by atoms with Gasteiger partial charge in [-0.3, -0.25) is 28.5 Å². The molecule has 1 unspecified atom stereocenters. The number of pyridine rings is 1. The number of aromatic nitrogens is 2. The Labute approximate surface area is 223 Å². The molecule has 0 radical (unpaired) electrons. The first-order valence-corrected chi connectivity index (χ1v) is 13.4. The lowest BCUT2D eigenvalue weighted by Gasteiger charge is -2.36. The number of fused-ring (bicyclic) bond motifs is 1. The molecule has 1 N–H and O–H groups in total. The molecular formula is C25H27N5O5S2. The first-order chi connectivity index (χ1) is 17.8. The average molecular weight is 542 g/mol. The van der Waals surface area contributed by atoms with E-state index < -0.39 is 12.0 Å². The SMILES string of the molecule is COC(=O)CC1C(=O)NCCN1c1nc2c(C)cccn2c(=O)c1C=C1SC(=S)N(C2CCCC2)C1=O. The van der Waals surface area contributed by atoms with Crippen molar-refractivity contribution in [3.8, 4) is 0 Å². The van der Waals surface area contributed by atoms with Crippen LogP contribution in [0.1, 0.15) is 43.2 Å². The van der Waals surface area contributed by atoms with Gasteiger partial charge in [-0.15, -0.1) is 0 Å². The number of nitrogens with one attached hydrogen (secondary N) is 1. The van der Waals surface area contributed by atoms with E-state index in [9.17, 15) is 19.2 Å². The number of aryl methyl sites for hydroxylation is 1. The molecule has 0 bridgehead atoms. The van der Waals surface area contributed by atoms with Crippen molar-refractivity contribution < 1.29 is 19.1 Å². The van der Waals surface area contributed by atoms with Crippen molar-refractivity contribution in [2.45, 2.75) is 51.1 Å². The van der Waals surface area contributed by atoms with Crippen LogP contribution in [0.15, 0.2) is 28.0 Å². The average Bonchev–Trinajstić information content (AvgIpc) is 3.50. The van der Waals surface area contributed by atoms with Crippen LogP contribution in [0.2, 0.25) is 0 Å². The molecule has 194 valence electrons. The number of rotatable bonds is 5. The van der Waals surface area contributed by atoms with E-state index in [-0.39, 0.29) is 41.2 Å². The van der Waals surface area contributed by atoms with Gasteiger partial charge in [0.1, 0.15) is 21.8 Å². The molecule has 5 rings (SSSR count). The van der Waals surface area contributed by atoms with Gasteiger partial charge in [0.2, 0.25) is 5.91 Å². The fourth-order valence-electron chi connectivity index (χ4n) is 5.15. The van der Waals surface area contributed by atoms with E-state index in [1.165, 1.54) is 29.3 Å². The predicted molar refractivity (Wildman–Crippen MR) is 144 cm³/mol. The van der Waals surface area contributed by atoms with Gasteiger partial charge >= 0.3 is 5.97 Å². The van der Waals surface area contributed by atoms with Crippen LogP contribution in [0.25, 0.3) is 11.7 Å². The molecular weight excluding hydrogens is 514 g/mol. The first kappa shape index (κ1) is 25.4. The second-order valence-corrected chi connectivity index (χ2v) is 11.0. The van der Waals surface area contributed by atoms with E-state index in [0.29, 0.717) is 28.0 Å². The Bertz CT molecular complexity index is 1400. The zero-order valence-electron chi connectivity index (χ0n) is 20.6. The van der Waals surface area contributed by atoms with Crippen LogP contribution in [-0.4, -0.2) is 68.7 Å². The second kappa shape index (κ2) is 10.3. The number of hydrogen-bond donors (Lipinski definition) is 1. The van der Waals surface area contributed by atoms with E-state index in [1.54, 1.807) is 22.1 Å². The van der Waals surface area contributed by atoms with Gasteiger partial charge in [0, 0.05) is 25.3 Å². The van der Waals surface area contributed by atoms with Crippen molar-refractivity contribution >= 4 is 63.6 Å². The Kier molecular flexibility index (Phi) is 7.04. The van der Waals surface area contributed by atoms with E-state index in [4.69, 9.17) is 21.9 Å². The highest BCUT2D eigenvalue weighted by molar-refractivity contribution is 8.26. The van der Waals surface area contributed by atoms with E-state index in [2.05, 4.69) is 5.32 Å². The predicted octanol–water partition coefficient (Wildman–Crippen LogP) is 2.01. The molecule has 0 aromatic carbocycles. The third-order valence-corrected chi connectivity index (χ3v) is 8.37. The lowest BCUT2D eigenvalue weighted by Crippen LogP contribution is -2.57. The van der Waals surface area contributed by atoms with Gasteiger partial charge < -0.3 is 15.0 Å². The number of ether oxygens (including phenoxy) is 1. The molecule has 0 spiro atoms. The van der Waals surface area contributed by atoms with Gasteiger partial charge in [-0.05, 0) is 37.5 Å². The molecule has 3 fully saturated rings. The van der Waals surface area contributed by atoms with Crippen molar-refractivity contribution in [3.05, 3.63) is 44.7 Å². The minimum Gasteiger partial charge on any atom is -0.469 e. The van der Waals surface area contributed by atoms with Gasteiger partial charge in [0.15, 0.2) is 0 Å². The molecule has 37 heavy (non-hydrogen) atoms. The monoisotopic (exact) mass is 541 g/mol. The maximum Gasteiger partial charge on any atom is 0.308 e. The number of nitrogens with zero attached hydrogens (tertiary/aromatic N) is 4. The van der Waals surface area contributed by atoms with Crippen LogP contribution < -0.4 is 15.8 Å². The Hall–Kier alpha value is -3.25. The van der Waals surface area contributed by atoms with Crippen molar-refractivity contribution in [2.24, 2.45) is 0 Å². The lowest BCUT2D eigenvalue weighted by atomic mass is 10.1. The quantitative estimate of drug-likeness (QED) is 0.345. The zero-order chi connectivity index (χ0) is 26.3. The lowest BCUT2D eigenvalue weighted by molar-refractivity contribution is -0.143.